The summed E-state index contributed by atoms with van der Waals surface area (Å²) < 4.78 is 0. The van der Waals surface area contributed by atoms with Crippen LogP contribution in [0.5, 0.6) is 0 Å². The fraction of sp³-hybridized carbons (Fsp3) is 0.471. The molecule has 0 bridgehead atoms. The fourth-order valence-electron chi connectivity index (χ4n) is 3.61. The average molecular weight is 332 g/mol. The summed E-state index contributed by atoms with van der Waals surface area (Å²) >= 11 is 0. The van der Waals surface area contributed by atoms with Crippen LogP contribution in [-0.4, -0.2) is 52.2 Å². The zero-order chi connectivity index (χ0) is 17.3. The minimum Gasteiger partial charge on any atom is -0.481 e. The average Bonchev–Trinajstić information content (AvgIpc) is 2.97. The number of urea groups is 1. The predicted octanol–water partition coefficient (Wildman–Crippen LogP) is 1.81. The Balaban J connectivity index is 1.80. The molecule has 2 heterocycles. The maximum Gasteiger partial charge on any atom is 0.324 e. The summed E-state index contributed by atoms with van der Waals surface area (Å²) in [6.07, 6.45) is 1.08. The van der Waals surface area contributed by atoms with Gasteiger partial charge in [-0.1, -0.05) is 18.2 Å². The molecule has 1 aromatic carbocycles. The van der Waals surface area contributed by atoms with Gasteiger partial charge in [-0.15, -0.1) is 0 Å². The van der Waals surface area contributed by atoms with Crippen molar-refractivity contribution in [2.45, 2.75) is 31.7 Å². The molecule has 0 aliphatic carbocycles. The van der Waals surface area contributed by atoms with Gasteiger partial charge in [0.25, 0.3) is 0 Å². The van der Waals surface area contributed by atoms with Gasteiger partial charge in [0.05, 0.1) is 12.3 Å². The normalized spacial score (nSPS) is 23.0. The van der Waals surface area contributed by atoms with Gasteiger partial charge in [-0.25, -0.2) is 4.79 Å². The van der Waals surface area contributed by atoms with E-state index >= 15 is 0 Å². The van der Waals surface area contributed by atoms with Crippen molar-refractivity contribution in [3.8, 4) is 0 Å². The van der Waals surface area contributed by atoms with Crippen molar-refractivity contribution in [2.24, 2.45) is 5.92 Å². The van der Waals surface area contributed by atoms with Crippen LogP contribution >= 0.6 is 0 Å². The van der Waals surface area contributed by atoms with Crippen molar-refractivity contribution in [1.29, 1.82) is 0 Å². The second-order valence-electron chi connectivity index (χ2n) is 6.32. The summed E-state index contributed by atoms with van der Waals surface area (Å²) in [6, 6.07) is 6.85. The van der Waals surface area contributed by atoms with Gasteiger partial charge in [-0.3, -0.25) is 14.5 Å². The number of carbonyl (C=O) groups excluding carboxylic acids is 1. The largest absolute Gasteiger partial charge is 0.481 e. The summed E-state index contributed by atoms with van der Waals surface area (Å²) in [7, 11) is 0. The smallest absolute Gasteiger partial charge is 0.324 e. The van der Waals surface area contributed by atoms with E-state index in [1.165, 1.54) is 4.90 Å². The number of fused-ring (bicyclic) bond motifs is 1. The van der Waals surface area contributed by atoms with Gasteiger partial charge < -0.3 is 15.1 Å². The number of piperidine rings is 1. The second-order valence-corrected chi connectivity index (χ2v) is 6.32. The van der Waals surface area contributed by atoms with E-state index in [-0.39, 0.29) is 25.4 Å². The Morgan fingerprint density at radius 2 is 1.88 bits per heavy atom. The molecule has 128 valence electrons. The lowest BCUT2D eigenvalue weighted by atomic mass is 9.89. The molecule has 2 atom stereocenters. The molecule has 7 nitrogen and oxygen atoms in total. The molecule has 24 heavy (non-hydrogen) atoms. The summed E-state index contributed by atoms with van der Waals surface area (Å²) in [4.78, 5) is 38.5. The molecule has 2 aliphatic heterocycles. The number of likely N-dealkylation sites (tertiary alicyclic amines) is 1. The summed E-state index contributed by atoms with van der Waals surface area (Å²) in [5.74, 6) is -2.54. The van der Waals surface area contributed by atoms with Crippen LogP contribution in [0.3, 0.4) is 0 Å². The van der Waals surface area contributed by atoms with Crippen LogP contribution in [0.15, 0.2) is 24.3 Å². The van der Waals surface area contributed by atoms with E-state index in [1.807, 2.05) is 24.3 Å². The van der Waals surface area contributed by atoms with Crippen molar-refractivity contribution >= 4 is 23.7 Å². The molecular weight excluding hydrogens is 312 g/mol. The van der Waals surface area contributed by atoms with Gasteiger partial charge in [-0.2, -0.15) is 0 Å². The highest BCUT2D eigenvalue weighted by molar-refractivity contribution is 5.94. The van der Waals surface area contributed by atoms with Gasteiger partial charge in [0.2, 0.25) is 0 Å². The fourth-order valence-corrected chi connectivity index (χ4v) is 3.61. The number of anilines is 1. The molecule has 2 amide bonds. The molecule has 2 unspecified atom stereocenters. The third-order valence-corrected chi connectivity index (χ3v) is 4.84. The standard InChI is InChI=1S/C17H20N2O5/c20-15(21)10-13-9-12(16(22)23)6-7-18(13)17(24)19-8-5-11-3-1-2-4-14(11)19/h1-4,12-13H,5-10H2,(H,20,21)(H,22,23). The van der Waals surface area contributed by atoms with Crippen LogP contribution in [-0.2, 0) is 16.0 Å². The third-order valence-electron chi connectivity index (χ3n) is 4.84. The first kappa shape index (κ1) is 16.3. The number of benzene rings is 1. The lowest BCUT2D eigenvalue weighted by Gasteiger charge is -2.39. The molecule has 0 aromatic heterocycles. The number of nitrogens with zero attached hydrogens (tertiary/aromatic N) is 2. The number of carboxylic acid groups (broad SMARTS) is 2. The topological polar surface area (TPSA) is 98.1 Å². The summed E-state index contributed by atoms with van der Waals surface area (Å²) in [5, 5.41) is 18.3. The van der Waals surface area contributed by atoms with Crippen molar-refractivity contribution in [3.63, 3.8) is 0 Å². The number of amides is 2. The molecule has 1 saturated heterocycles. The van der Waals surface area contributed by atoms with E-state index in [4.69, 9.17) is 5.11 Å². The van der Waals surface area contributed by atoms with Crippen molar-refractivity contribution < 1.29 is 24.6 Å². The summed E-state index contributed by atoms with van der Waals surface area (Å²) in [5.41, 5.74) is 1.96. The highest BCUT2D eigenvalue weighted by Crippen LogP contribution is 2.32. The number of hydrogen-bond acceptors (Lipinski definition) is 3. The van der Waals surface area contributed by atoms with E-state index in [2.05, 4.69) is 0 Å². The monoisotopic (exact) mass is 332 g/mol. The lowest BCUT2D eigenvalue weighted by molar-refractivity contribution is -0.145. The Hall–Kier alpha value is -2.57. The van der Waals surface area contributed by atoms with E-state index in [0.29, 0.717) is 13.0 Å². The van der Waals surface area contributed by atoms with Gasteiger partial charge in [0.1, 0.15) is 0 Å². The van der Waals surface area contributed by atoms with Gasteiger partial charge in [0.15, 0.2) is 0 Å². The van der Waals surface area contributed by atoms with E-state index < -0.39 is 23.9 Å². The molecule has 0 radical (unpaired) electrons. The van der Waals surface area contributed by atoms with Crippen LogP contribution in [0.25, 0.3) is 0 Å². The summed E-state index contributed by atoms with van der Waals surface area (Å²) in [6.45, 7) is 0.837. The number of carbonyl (C=O) groups is 3. The Bertz CT molecular complexity index is 675. The Kier molecular flexibility index (Phi) is 4.42. The molecule has 0 saturated carbocycles. The maximum atomic E-state index is 12.9. The van der Waals surface area contributed by atoms with Gasteiger partial charge >= 0.3 is 18.0 Å². The molecule has 7 heteroatoms. The Morgan fingerprint density at radius 3 is 2.58 bits per heavy atom. The van der Waals surface area contributed by atoms with Crippen molar-refractivity contribution in [1.82, 2.24) is 4.90 Å². The maximum absolute atomic E-state index is 12.9. The zero-order valence-corrected chi connectivity index (χ0v) is 13.2. The van der Waals surface area contributed by atoms with Crippen LogP contribution in [0.4, 0.5) is 10.5 Å². The van der Waals surface area contributed by atoms with Crippen LogP contribution < -0.4 is 4.90 Å². The molecular formula is C17H20N2O5. The third kappa shape index (κ3) is 3.06. The molecule has 1 fully saturated rings. The molecule has 1 aromatic rings. The number of rotatable bonds is 3. The first-order chi connectivity index (χ1) is 11.5. The van der Waals surface area contributed by atoms with Crippen molar-refractivity contribution in [2.75, 3.05) is 18.0 Å². The SMILES string of the molecule is O=C(O)CC1CC(C(=O)O)CCN1C(=O)N1CCc2ccccc21. The molecule has 0 spiro atoms. The van der Waals surface area contributed by atoms with E-state index in [0.717, 1.165) is 17.7 Å². The van der Waals surface area contributed by atoms with Gasteiger partial charge in [0, 0.05) is 24.8 Å². The molecule has 2 aliphatic rings. The first-order valence-corrected chi connectivity index (χ1v) is 8.08. The number of hydrogen-bond donors (Lipinski definition) is 2. The zero-order valence-electron chi connectivity index (χ0n) is 13.2. The van der Waals surface area contributed by atoms with E-state index in [9.17, 15) is 19.5 Å². The minimum absolute atomic E-state index is 0.183. The number of aliphatic carboxylic acids is 2. The Labute approximate surface area is 139 Å². The van der Waals surface area contributed by atoms with Crippen LogP contribution in [0, 0.1) is 5.92 Å². The number of para-hydroxylation sites is 1. The molecule has 2 N–H and O–H groups in total. The number of carboxylic acids is 2. The Morgan fingerprint density at radius 1 is 1.12 bits per heavy atom. The van der Waals surface area contributed by atoms with Crippen molar-refractivity contribution in [3.05, 3.63) is 29.8 Å². The second kappa shape index (κ2) is 6.51. The highest BCUT2D eigenvalue weighted by atomic mass is 16.4. The van der Waals surface area contributed by atoms with Crippen LogP contribution in [0.1, 0.15) is 24.8 Å². The minimum atomic E-state index is -1.02. The predicted molar refractivity (Wildman–Crippen MR) is 86.0 cm³/mol. The quantitative estimate of drug-likeness (QED) is 0.879. The lowest BCUT2D eigenvalue weighted by Crippen LogP contribution is -2.53. The first-order valence-electron chi connectivity index (χ1n) is 8.08. The van der Waals surface area contributed by atoms with E-state index in [1.54, 1.807) is 4.90 Å². The highest BCUT2D eigenvalue weighted by Gasteiger charge is 2.38. The van der Waals surface area contributed by atoms with Gasteiger partial charge in [-0.05, 0) is 30.9 Å². The van der Waals surface area contributed by atoms with Crippen LogP contribution in [0.2, 0.25) is 0 Å². The molecule has 3 rings (SSSR count).